The topological polar surface area (TPSA) is 105 Å². The van der Waals surface area contributed by atoms with E-state index in [1.54, 1.807) is 0 Å². The molecule has 0 saturated carbocycles. The van der Waals surface area contributed by atoms with Crippen LogP contribution >= 0.6 is 43.2 Å². The molecule has 0 spiro atoms. The highest BCUT2D eigenvalue weighted by Gasteiger charge is 2.16. The Morgan fingerprint density at radius 1 is 1.23 bits per heavy atom. The smallest absolute Gasteiger partial charge is 0.341 e. The van der Waals surface area contributed by atoms with E-state index in [1.807, 2.05) is 21.6 Å². The summed E-state index contributed by atoms with van der Waals surface area (Å²) in [6.45, 7) is 0.577. The van der Waals surface area contributed by atoms with Gasteiger partial charge in [0.25, 0.3) is 0 Å². The number of phenolic OH excluding ortho intramolecular Hbond substituents is 1. The van der Waals surface area contributed by atoms with Crippen molar-refractivity contribution in [3.05, 3.63) is 23.8 Å². The van der Waals surface area contributed by atoms with Gasteiger partial charge in [0.05, 0.1) is 12.9 Å². The Kier molecular flexibility index (Phi) is 12.5. The number of nitrogens with one attached hydrogen (secondary N) is 2. The summed E-state index contributed by atoms with van der Waals surface area (Å²) in [5, 5.41) is 16.1. The van der Waals surface area contributed by atoms with Gasteiger partial charge in [-0.2, -0.15) is 0 Å². The SMILES string of the molecule is COC(=O)c1cc(NC(=O)CSSCCNC(=O)CCCCC2CCSS2)ccc1O. The van der Waals surface area contributed by atoms with E-state index in [9.17, 15) is 19.5 Å². The van der Waals surface area contributed by atoms with Crippen LogP contribution in [-0.2, 0) is 14.3 Å². The Morgan fingerprint density at radius 2 is 2.06 bits per heavy atom. The van der Waals surface area contributed by atoms with Gasteiger partial charge in [0.2, 0.25) is 11.8 Å². The Hall–Kier alpha value is -1.17. The molecule has 1 aliphatic rings. The molecule has 1 unspecified atom stereocenters. The van der Waals surface area contributed by atoms with Crippen LogP contribution in [0.5, 0.6) is 5.75 Å². The first-order chi connectivity index (χ1) is 15.0. The van der Waals surface area contributed by atoms with Crippen LogP contribution < -0.4 is 10.6 Å². The van der Waals surface area contributed by atoms with E-state index in [1.165, 1.54) is 65.5 Å². The number of carbonyl (C=O) groups is 3. The summed E-state index contributed by atoms with van der Waals surface area (Å²) in [6.07, 6.45) is 5.11. The number of aromatic hydroxyl groups is 1. The van der Waals surface area contributed by atoms with Crippen LogP contribution in [0.2, 0.25) is 0 Å². The molecular formula is C20H28N2O5S4. The Morgan fingerprint density at radius 3 is 2.81 bits per heavy atom. The quantitative estimate of drug-likeness (QED) is 0.157. The third-order valence-corrected chi connectivity index (χ3v) is 9.65. The zero-order valence-electron chi connectivity index (χ0n) is 17.4. The van der Waals surface area contributed by atoms with Crippen LogP contribution in [0.4, 0.5) is 5.69 Å². The predicted octanol–water partition coefficient (Wildman–Crippen LogP) is 4.33. The van der Waals surface area contributed by atoms with Crippen molar-refractivity contribution in [1.82, 2.24) is 5.32 Å². The van der Waals surface area contributed by atoms with Gasteiger partial charge < -0.3 is 20.5 Å². The number of carbonyl (C=O) groups excluding carboxylic acids is 3. The van der Waals surface area contributed by atoms with E-state index in [4.69, 9.17) is 0 Å². The molecule has 0 bridgehead atoms. The van der Waals surface area contributed by atoms with Crippen LogP contribution in [0, 0.1) is 0 Å². The first-order valence-electron chi connectivity index (χ1n) is 10.00. The average molecular weight is 505 g/mol. The summed E-state index contributed by atoms with van der Waals surface area (Å²) in [6, 6.07) is 4.22. The van der Waals surface area contributed by atoms with Gasteiger partial charge in [-0.25, -0.2) is 4.79 Å². The van der Waals surface area contributed by atoms with E-state index in [-0.39, 0.29) is 28.9 Å². The molecule has 1 aliphatic heterocycles. The third-order valence-electron chi connectivity index (χ3n) is 4.37. The summed E-state index contributed by atoms with van der Waals surface area (Å²) in [4.78, 5) is 35.5. The number of phenols is 1. The largest absolute Gasteiger partial charge is 0.507 e. The minimum atomic E-state index is -0.674. The van der Waals surface area contributed by atoms with Crippen LogP contribution in [0.3, 0.4) is 0 Å². The second-order valence-corrected chi connectivity index (χ2v) is 12.2. The lowest BCUT2D eigenvalue weighted by molar-refractivity contribution is -0.121. The van der Waals surface area contributed by atoms with E-state index in [0.717, 1.165) is 18.1 Å². The fraction of sp³-hybridized carbons (Fsp3) is 0.550. The number of methoxy groups -OCH3 is 1. The maximum Gasteiger partial charge on any atom is 0.341 e. The van der Waals surface area contributed by atoms with Crippen LogP contribution in [-0.4, -0.2) is 59.1 Å². The fourth-order valence-corrected chi connectivity index (χ4v) is 7.55. The number of amides is 2. The molecule has 1 aromatic rings. The first kappa shape index (κ1) is 26.1. The molecule has 0 aromatic heterocycles. The number of benzene rings is 1. The maximum absolute atomic E-state index is 12.0. The standard InChI is InChI=1S/C20H28N2O5S4/c1-27-20(26)16-12-14(6-7-17(16)23)22-19(25)13-30-28-11-9-21-18(24)5-3-2-4-15-8-10-29-31-15/h6-7,12,15,23H,2-5,8-11,13H2,1H3,(H,21,24)(H,22,25). The summed E-state index contributed by atoms with van der Waals surface area (Å²) < 4.78 is 4.59. The monoisotopic (exact) mass is 504 g/mol. The third kappa shape index (κ3) is 10.3. The molecule has 1 saturated heterocycles. The van der Waals surface area contributed by atoms with Crippen molar-refractivity contribution in [3.63, 3.8) is 0 Å². The number of ether oxygens (including phenoxy) is 1. The lowest BCUT2D eigenvalue weighted by atomic mass is 10.1. The number of hydrogen-bond donors (Lipinski definition) is 3. The predicted molar refractivity (Wildman–Crippen MR) is 133 cm³/mol. The van der Waals surface area contributed by atoms with Gasteiger partial charge in [-0.05, 0) is 37.5 Å². The van der Waals surface area contributed by atoms with E-state index in [0.29, 0.717) is 24.4 Å². The molecule has 1 fully saturated rings. The van der Waals surface area contributed by atoms with Crippen LogP contribution in [0.1, 0.15) is 42.5 Å². The van der Waals surface area contributed by atoms with Gasteiger partial charge in [-0.1, -0.05) is 49.6 Å². The minimum Gasteiger partial charge on any atom is -0.507 e. The molecule has 1 heterocycles. The zero-order chi connectivity index (χ0) is 22.5. The van der Waals surface area contributed by atoms with Gasteiger partial charge >= 0.3 is 5.97 Å². The Balaban J connectivity index is 1.51. The second kappa shape index (κ2) is 14.8. The van der Waals surface area contributed by atoms with Crippen molar-refractivity contribution in [2.45, 2.75) is 37.4 Å². The molecule has 2 amide bonds. The molecule has 1 atom stereocenters. The summed E-state index contributed by atoms with van der Waals surface area (Å²) >= 11 is 0. The lowest BCUT2D eigenvalue weighted by Gasteiger charge is -2.08. The first-order valence-corrected chi connectivity index (χ1v) is 14.9. The van der Waals surface area contributed by atoms with Gasteiger partial charge in [0.15, 0.2) is 0 Å². The Labute approximate surface area is 198 Å². The van der Waals surface area contributed by atoms with Gasteiger partial charge in [-0.15, -0.1) is 0 Å². The zero-order valence-corrected chi connectivity index (χ0v) is 20.7. The number of hydrogen-bond acceptors (Lipinski definition) is 9. The molecule has 2 rings (SSSR count). The summed E-state index contributed by atoms with van der Waals surface area (Å²) in [5.41, 5.74) is 0.404. The molecule has 3 N–H and O–H groups in total. The molecule has 31 heavy (non-hydrogen) atoms. The van der Waals surface area contributed by atoms with Crippen molar-refractivity contribution in [3.8, 4) is 5.75 Å². The van der Waals surface area contributed by atoms with E-state index in [2.05, 4.69) is 15.4 Å². The number of esters is 1. The van der Waals surface area contributed by atoms with Crippen molar-refractivity contribution < 1.29 is 24.2 Å². The van der Waals surface area contributed by atoms with Gasteiger partial charge in [-0.3, -0.25) is 9.59 Å². The lowest BCUT2D eigenvalue weighted by Crippen LogP contribution is -2.25. The summed E-state index contributed by atoms with van der Waals surface area (Å²) in [7, 11) is 8.06. The molecule has 0 radical (unpaired) electrons. The fourth-order valence-electron chi connectivity index (χ4n) is 2.78. The highest BCUT2D eigenvalue weighted by Crippen LogP contribution is 2.39. The van der Waals surface area contributed by atoms with Gasteiger partial charge in [0, 0.05) is 35.4 Å². The molecule has 11 heteroatoms. The highest BCUT2D eigenvalue weighted by atomic mass is 33.1. The van der Waals surface area contributed by atoms with Crippen molar-refractivity contribution in [2.24, 2.45) is 0 Å². The second-order valence-electron chi connectivity index (χ2n) is 6.78. The van der Waals surface area contributed by atoms with E-state index >= 15 is 0 Å². The molecule has 7 nitrogen and oxygen atoms in total. The van der Waals surface area contributed by atoms with Crippen LogP contribution in [0.25, 0.3) is 0 Å². The van der Waals surface area contributed by atoms with E-state index < -0.39 is 5.97 Å². The molecule has 0 aliphatic carbocycles. The summed E-state index contributed by atoms with van der Waals surface area (Å²) in [5.74, 6) is 1.18. The van der Waals surface area contributed by atoms with Crippen molar-refractivity contribution in [1.29, 1.82) is 0 Å². The normalized spacial score (nSPS) is 15.5. The van der Waals surface area contributed by atoms with Crippen LogP contribution in [0.15, 0.2) is 18.2 Å². The average Bonchev–Trinajstić information content (AvgIpc) is 3.28. The number of unbranched alkanes of at least 4 members (excludes halogenated alkanes) is 1. The molecular weight excluding hydrogens is 476 g/mol. The molecule has 1 aromatic carbocycles. The van der Waals surface area contributed by atoms with Crippen molar-refractivity contribution >= 4 is 66.6 Å². The molecule has 172 valence electrons. The minimum absolute atomic E-state index is 0.00509. The number of anilines is 1. The van der Waals surface area contributed by atoms with Gasteiger partial charge in [0.1, 0.15) is 11.3 Å². The highest BCUT2D eigenvalue weighted by molar-refractivity contribution is 8.77. The number of rotatable bonds is 13. The maximum atomic E-state index is 12.0. The van der Waals surface area contributed by atoms with Crippen molar-refractivity contribution in [2.75, 3.05) is 36.2 Å². The Bertz CT molecular complexity index is 744.